The number of nitrogens with zero attached hydrogens (tertiary/aromatic N) is 4. The predicted octanol–water partition coefficient (Wildman–Crippen LogP) is 1.50. The van der Waals surface area contributed by atoms with Gasteiger partial charge in [-0.15, -0.1) is 10.2 Å². The number of likely N-dealkylation sites (tertiary alicyclic amines) is 1. The number of nitrogens with two attached hydrogens (primary N) is 1. The van der Waals surface area contributed by atoms with E-state index in [0.717, 1.165) is 31.0 Å². The molecule has 2 rings (SSSR count). The highest BCUT2D eigenvalue weighted by Crippen LogP contribution is 2.29. The highest BCUT2D eigenvalue weighted by molar-refractivity contribution is 7.99. The van der Waals surface area contributed by atoms with Crippen molar-refractivity contribution in [3.63, 3.8) is 0 Å². The van der Waals surface area contributed by atoms with E-state index >= 15 is 0 Å². The lowest BCUT2D eigenvalue weighted by Crippen LogP contribution is -2.43. The molecule has 1 aromatic heterocycles. The van der Waals surface area contributed by atoms with Gasteiger partial charge in [-0.05, 0) is 26.2 Å². The Kier molecular flexibility index (Phi) is 4.64. The second-order valence-electron chi connectivity index (χ2n) is 4.89. The molecule has 1 fully saturated rings. The Morgan fingerprint density at radius 3 is 2.71 bits per heavy atom. The molecule has 2 heterocycles. The smallest absolute Gasteiger partial charge is 0.339 e. The third kappa shape index (κ3) is 3.60. The third-order valence-corrected chi connectivity index (χ3v) is 4.29. The molecule has 1 aliphatic rings. The van der Waals surface area contributed by atoms with Gasteiger partial charge in [-0.25, -0.2) is 4.68 Å². The van der Waals surface area contributed by atoms with Crippen LogP contribution in [0.25, 0.3) is 0 Å². The van der Waals surface area contributed by atoms with Crippen molar-refractivity contribution in [2.45, 2.75) is 43.6 Å². The van der Waals surface area contributed by atoms with Crippen molar-refractivity contribution < 1.29 is 18.0 Å². The van der Waals surface area contributed by atoms with Crippen molar-refractivity contribution in [3.05, 3.63) is 5.82 Å². The summed E-state index contributed by atoms with van der Waals surface area (Å²) >= 11 is 0.861. The first kappa shape index (κ1) is 15.9. The minimum Gasteiger partial charge on any atom is -0.339 e. The fourth-order valence-electron chi connectivity index (χ4n) is 2.25. The van der Waals surface area contributed by atoms with Crippen LogP contribution in [-0.4, -0.2) is 44.0 Å². The summed E-state index contributed by atoms with van der Waals surface area (Å²) in [5, 5.41) is 6.26. The fourth-order valence-corrected chi connectivity index (χ4v) is 2.99. The Bertz CT molecular complexity index is 518. The molecule has 1 atom stereocenters. The van der Waals surface area contributed by atoms with E-state index < -0.39 is 12.0 Å². The summed E-state index contributed by atoms with van der Waals surface area (Å²) in [5.41, 5.74) is 0. The van der Waals surface area contributed by atoms with Crippen LogP contribution in [0.3, 0.4) is 0 Å². The first-order valence-corrected chi connectivity index (χ1v) is 7.49. The summed E-state index contributed by atoms with van der Waals surface area (Å²) in [5.74, 6) is 3.91. The van der Waals surface area contributed by atoms with Crippen LogP contribution in [0.1, 0.15) is 32.0 Å². The van der Waals surface area contributed by atoms with Crippen LogP contribution < -0.4 is 5.84 Å². The van der Waals surface area contributed by atoms with E-state index in [1.165, 1.54) is 0 Å². The zero-order valence-corrected chi connectivity index (χ0v) is 12.2. The van der Waals surface area contributed by atoms with Crippen molar-refractivity contribution in [3.8, 4) is 0 Å². The second-order valence-corrected chi connectivity index (χ2v) is 5.84. The molecule has 0 aromatic carbocycles. The molecule has 10 heteroatoms. The zero-order valence-electron chi connectivity index (χ0n) is 11.4. The van der Waals surface area contributed by atoms with Crippen LogP contribution in [0.2, 0.25) is 0 Å². The third-order valence-electron chi connectivity index (χ3n) is 3.37. The van der Waals surface area contributed by atoms with E-state index in [4.69, 9.17) is 5.84 Å². The van der Waals surface area contributed by atoms with E-state index in [0.29, 0.717) is 11.2 Å². The van der Waals surface area contributed by atoms with Gasteiger partial charge in [-0.3, -0.25) is 4.79 Å². The van der Waals surface area contributed by atoms with E-state index in [1.54, 1.807) is 4.90 Å². The SMILES string of the molecule is CC1CCCCN1C(=O)CSc1nnc(C(F)(F)F)n1N. The topological polar surface area (TPSA) is 77.0 Å². The number of hydrogen-bond donors (Lipinski definition) is 1. The highest BCUT2D eigenvalue weighted by atomic mass is 32.2. The largest absolute Gasteiger partial charge is 0.453 e. The minimum atomic E-state index is -4.66. The van der Waals surface area contributed by atoms with Crippen molar-refractivity contribution in [2.24, 2.45) is 0 Å². The summed E-state index contributed by atoms with van der Waals surface area (Å²) in [7, 11) is 0. The van der Waals surface area contributed by atoms with E-state index in [1.807, 2.05) is 6.92 Å². The lowest BCUT2D eigenvalue weighted by atomic mass is 10.0. The predicted molar refractivity (Wildman–Crippen MR) is 70.9 cm³/mol. The Labute approximate surface area is 123 Å². The first-order chi connectivity index (χ1) is 9.80. The second kappa shape index (κ2) is 6.12. The number of amides is 1. The van der Waals surface area contributed by atoms with Gasteiger partial charge in [0.25, 0.3) is 5.82 Å². The average molecular weight is 323 g/mol. The molecule has 1 saturated heterocycles. The molecule has 0 spiro atoms. The molecule has 6 nitrogen and oxygen atoms in total. The Morgan fingerprint density at radius 2 is 2.14 bits per heavy atom. The number of aromatic nitrogens is 3. The fraction of sp³-hybridized carbons (Fsp3) is 0.727. The summed E-state index contributed by atoms with van der Waals surface area (Å²) in [6.45, 7) is 2.65. The van der Waals surface area contributed by atoms with Gasteiger partial charge in [-0.2, -0.15) is 13.2 Å². The number of halogens is 3. The first-order valence-electron chi connectivity index (χ1n) is 6.50. The van der Waals surface area contributed by atoms with Gasteiger partial charge < -0.3 is 10.7 Å². The van der Waals surface area contributed by atoms with Crippen molar-refractivity contribution in [1.82, 2.24) is 19.8 Å². The van der Waals surface area contributed by atoms with Gasteiger partial charge in [-0.1, -0.05) is 11.8 Å². The monoisotopic (exact) mass is 323 g/mol. The number of nitrogen functional groups attached to an aromatic ring is 1. The van der Waals surface area contributed by atoms with Crippen molar-refractivity contribution in [2.75, 3.05) is 18.1 Å². The quantitative estimate of drug-likeness (QED) is 0.674. The highest BCUT2D eigenvalue weighted by Gasteiger charge is 2.38. The molecule has 1 aromatic rings. The van der Waals surface area contributed by atoms with Crippen LogP contribution in [0.5, 0.6) is 0 Å². The van der Waals surface area contributed by atoms with Gasteiger partial charge in [0.2, 0.25) is 11.1 Å². The summed E-state index contributed by atoms with van der Waals surface area (Å²) < 4.78 is 37.9. The van der Waals surface area contributed by atoms with Crippen LogP contribution in [-0.2, 0) is 11.0 Å². The number of alkyl halides is 3. The van der Waals surface area contributed by atoms with Gasteiger partial charge in [0.15, 0.2) is 0 Å². The number of piperidine rings is 1. The van der Waals surface area contributed by atoms with Crippen molar-refractivity contribution >= 4 is 17.7 Å². The summed E-state index contributed by atoms with van der Waals surface area (Å²) in [6.07, 6.45) is -1.68. The summed E-state index contributed by atoms with van der Waals surface area (Å²) in [6, 6.07) is 0.160. The molecule has 1 amide bonds. The molecular weight excluding hydrogens is 307 g/mol. The van der Waals surface area contributed by atoms with Crippen LogP contribution in [0, 0.1) is 0 Å². The maximum absolute atomic E-state index is 12.5. The van der Waals surface area contributed by atoms with Crippen LogP contribution >= 0.6 is 11.8 Å². The Hall–Kier alpha value is -1.45. The molecule has 0 bridgehead atoms. The molecule has 0 radical (unpaired) electrons. The Balaban J connectivity index is 1.97. The van der Waals surface area contributed by atoms with E-state index in [2.05, 4.69) is 10.2 Å². The van der Waals surface area contributed by atoms with Gasteiger partial charge >= 0.3 is 6.18 Å². The average Bonchev–Trinajstić information content (AvgIpc) is 2.77. The standard InChI is InChI=1S/C11H16F3N5OS/c1-7-4-2-3-5-18(7)8(20)6-21-10-17-16-9(19(10)15)11(12,13)14/h7H,2-6,15H2,1H3. The van der Waals surface area contributed by atoms with E-state index in [9.17, 15) is 18.0 Å². The van der Waals surface area contributed by atoms with Crippen molar-refractivity contribution in [1.29, 1.82) is 0 Å². The normalized spacial score (nSPS) is 19.8. The molecule has 1 aliphatic heterocycles. The lowest BCUT2D eigenvalue weighted by molar-refractivity contribution is -0.146. The molecule has 118 valence electrons. The van der Waals surface area contributed by atoms with E-state index in [-0.39, 0.29) is 22.9 Å². The number of thioether (sulfide) groups is 1. The molecule has 0 saturated carbocycles. The maximum Gasteiger partial charge on any atom is 0.453 e. The molecule has 1 unspecified atom stereocenters. The number of carbonyl (C=O) groups excluding carboxylic acids is 1. The molecule has 2 N–H and O–H groups in total. The molecule has 0 aliphatic carbocycles. The zero-order chi connectivity index (χ0) is 15.6. The minimum absolute atomic E-state index is 0.00245. The maximum atomic E-state index is 12.5. The molecular formula is C11H16F3N5OS. The Morgan fingerprint density at radius 1 is 1.43 bits per heavy atom. The van der Waals surface area contributed by atoms with Gasteiger partial charge in [0.1, 0.15) is 0 Å². The lowest BCUT2D eigenvalue weighted by Gasteiger charge is -2.33. The molecule has 21 heavy (non-hydrogen) atoms. The summed E-state index contributed by atoms with van der Waals surface area (Å²) in [4.78, 5) is 13.8. The van der Waals surface area contributed by atoms with Gasteiger partial charge in [0, 0.05) is 12.6 Å². The van der Waals surface area contributed by atoms with Gasteiger partial charge in [0.05, 0.1) is 5.75 Å². The number of hydrogen-bond acceptors (Lipinski definition) is 5. The number of carbonyl (C=O) groups is 1. The van der Waals surface area contributed by atoms with Crippen LogP contribution in [0.4, 0.5) is 13.2 Å². The van der Waals surface area contributed by atoms with Crippen LogP contribution in [0.15, 0.2) is 5.16 Å². The number of rotatable bonds is 3.